The Kier molecular flexibility index (Phi) is 2.81. The maximum absolute atomic E-state index is 12.1. The molecule has 1 saturated heterocycles. The van der Waals surface area contributed by atoms with Gasteiger partial charge in [-0.25, -0.2) is 4.98 Å². The maximum Gasteiger partial charge on any atom is 0.260 e. The summed E-state index contributed by atoms with van der Waals surface area (Å²) in [5.41, 5.74) is 6.51. The van der Waals surface area contributed by atoms with Crippen molar-refractivity contribution in [2.45, 2.75) is 0 Å². The molecule has 1 aliphatic heterocycles. The first kappa shape index (κ1) is 12.5. The molecule has 0 bridgehead atoms. The van der Waals surface area contributed by atoms with Gasteiger partial charge in [0.25, 0.3) is 5.56 Å². The van der Waals surface area contributed by atoms with Crippen LogP contribution in [-0.2, 0) is 4.79 Å². The Balaban J connectivity index is 2.03. The SMILES string of the molecule is CN1CCN(c2nc3ccc(N)cc3c(=O)[nH]2)CC1=O. The smallest absolute Gasteiger partial charge is 0.260 e. The van der Waals surface area contributed by atoms with Crippen molar-refractivity contribution >= 4 is 28.4 Å². The van der Waals surface area contributed by atoms with Crippen LogP contribution in [0.1, 0.15) is 0 Å². The van der Waals surface area contributed by atoms with Gasteiger partial charge in [0.05, 0.1) is 17.4 Å². The number of fused-ring (bicyclic) bond motifs is 1. The Bertz CT molecular complexity index is 739. The van der Waals surface area contributed by atoms with Crippen LogP contribution in [0.2, 0.25) is 0 Å². The van der Waals surface area contributed by atoms with Crippen molar-refractivity contribution in [3.63, 3.8) is 0 Å². The van der Waals surface area contributed by atoms with Crippen molar-refractivity contribution in [1.29, 1.82) is 0 Å². The van der Waals surface area contributed by atoms with Gasteiger partial charge in [-0.2, -0.15) is 0 Å². The molecule has 1 amide bonds. The fourth-order valence-corrected chi connectivity index (χ4v) is 2.23. The van der Waals surface area contributed by atoms with E-state index < -0.39 is 0 Å². The Morgan fingerprint density at radius 1 is 1.30 bits per heavy atom. The zero-order valence-electron chi connectivity index (χ0n) is 11.1. The van der Waals surface area contributed by atoms with Gasteiger partial charge in [0, 0.05) is 25.8 Å². The topological polar surface area (TPSA) is 95.3 Å². The zero-order chi connectivity index (χ0) is 14.3. The highest BCUT2D eigenvalue weighted by molar-refractivity contribution is 5.84. The molecule has 2 heterocycles. The van der Waals surface area contributed by atoms with Gasteiger partial charge in [-0.15, -0.1) is 0 Å². The number of anilines is 2. The number of benzene rings is 1. The van der Waals surface area contributed by atoms with Crippen molar-refractivity contribution < 1.29 is 4.79 Å². The second kappa shape index (κ2) is 4.52. The average molecular weight is 273 g/mol. The van der Waals surface area contributed by atoms with Crippen molar-refractivity contribution in [3.05, 3.63) is 28.6 Å². The summed E-state index contributed by atoms with van der Waals surface area (Å²) in [5.74, 6) is 0.435. The summed E-state index contributed by atoms with van der Waals surface area (Å²) < 4.78 is 0. The zero-order valence-corrected chi connectivity index (χ0v) is 11.1. The van der Waals surface area contributed by atoms with E-state index in [0.29, 0.717) is 35.6 Å². The number of nitrogens with two attached hydrogens (primary N) is 1. The lowest BCUT2D eigenvalue weighted by atomic mass is 10.2. The number of carbonyl (C=O) groups is 1. The molecule has 20 heavy (non-hydrogen) atoms. The molecule has 1 fully saturated rings. The van der Waals surface area contributed by atoms with E-state index in [-0.39, 0.29) is 18.0 Å². The first-order chi connectivity index (χ1) is 9.54. The molecule has 0 atom stereocenters. The van der Waals surface area contributed by atoms with Crippen molar-refractivity contribution in [3.8, 4) is 0 Å². The molecule has 0 radical (unpaired) electrons. The molecule has 7 nitrogen and oxygen atoms in total. The first-order valence-corrected chi connectivity index (χ1v) is 6.33. The quantitative estimate of drug-likeness (QED) is 0.701. The summed E-state index contributed by atoms with van der Waals surface area (Å²) in [4.78, 5) is 34.3. The highest BCUT2D eigenvalue weighted by Gasteiger charge is 2.23. The Hall–Kier alpha value is -2.57. The van der Waals surface area contributed by atoms with Gasteiger partial charge in [0.2, 0.25) is 11.9 Å². The first-order valence-electron chi connectivity index (χ1n) is 6.33. The minimum absolute atomic E-state index is 0.0105. The van der Waals surface area contributed by atoms with E-state index >= 15 is 0 Å². The van der Waals surface area contributed by atoms with Gasteiger partial charge in [-0.05, 0) is 18.2 Å². The summed E-state index contributed by atoms with van der Waals surface area (Å²) in [7, 11) is 1.76. The van der Waals surface area contributed by atoms with Crippen molar-refractivity contribution in [1.82, 2.24) is 14.9 Å². The maximum atomic E-state index is 12.1. The molecular weight excluding hydrogens is 258 g/mol. The van der Waals surface area contributed by atoms with Gasteiger partial charge < -0.3 is 15.5 Å². The van der Waals surface area contributed by atoms with Crippen LogP contribution in [0.3, 0.4) is 0 Å². The van der Waals surface area contributed by atoms with Crippen LogP contribution in [-0.4, -0.2) is 47.5 Å². The van der Waals surface area contributed by atoms with E-state index in [4.69, 9.17) is 5.73 Å². The second-order valence-corrected chi connectivity index (χ2v) is 4.90. The van der Waals surface area contributed by atoms with Crippen LogP contribution in [0.5, 0.6) is 0 Å². The highest BCUT2D eigenvalue weighted by atomic mass is 16.2. The van der Waals surface area contributed by atoms with E-state index in [1.807, 2.05) is 0 Å². The molecular formula is C13H15N5O2. The summed E-state index contributed by atoms with van der Waals surface area (Å²) in [6, 6.07) is 5.01. The third-order valence-electron chi connectivity index (χ3n) is 3.47. The molecule has 7 heteroatoms. The number of hydrogen-bond donors (Lipinski definition) is 2. The van der Waals surface area contributed by atoms with E-state index in [9.17, 15) is 9.59 Å². The van der Waals surface area contributed by atoms with Crippen LogP contribution in [0.4, 0.5) is 11.6 Å². The third kappa shape index (κ3) is 2.07. The number of nitrogens with one attached hydrogen (secondary N) is 1. The number of nitrogen functional groups attached to an aromatic ring is 1. The average Bonchev–Trinajstić information content (AvgIpc) is 2.42. The molecule has 0 saturated carbocycles. The van der Waals surface area contributed by atoms with Gasteiger partial charge in [0.15, 0.2) is 0 Å². The molecule has 0 aliphatic carbocycles. The summed E-state index contributed by atoms with van der Waals surface area (Å²) >= 11 is 0. The van der Waals surface area contributed by atoms with Crippen LogP contribution in [0, 0.1) is 0 Å². The largest absolute Gasteiger partial charge is 0.399 e. The minimum Gasteiger partial charge on any atom is -0.399 e. The van der Waals surface area contributed by atoms with E-state index in [2.05, 4.69) is 9.97 Å². The molecule has 2 aromatic rings. The second-order valence-electron chi connectivity index (χ2n) is 4.90. The number of carbonyl (C=O) groups excluding carboxylic acids is 1. The number of amides is 1. The summed E-state index contributed by atoms with van der Waals surface area (Å²) in [5, 5.41) is 0.453. The molecule has 3 N–H and O–H groups in total. The number of rotatable bonds is 1. The summed E-state index contributed by atoms with van der Waals surface area (Å²) in [6.45, 7) is 1.48. The predicted octanol–water partition coefficient (Wildman–Crippen LogP) is -0.216. The molecule has 1 aliphatic rings. The van der Waals surface area contributed by atoms with Crippen LogP contribution in [0.15, 0.2) is 23.0 Å². The normalized spacial score (nSPS) is 15.9. The fourth-order valence-electron chi connectivity index (χ4n) is 2.23. The van der Waals surface area contributed by atoms with Crippen LogP contribution < -0.4 is 16.2 Å². The number of piperazine rings is 1. The van der Waals surface area contributed by atoms with Gasteiger partial charge in [0.1, 0.15) is 0 Å². The van der Waals surface area contributed by atoms with Gasteiger partial charge in [-0.1, -0.05) is 0 Å². The lowest BCUT2D eigenvalue weighted by molar-refractivity contribution is -0.129. The Morgan fingerprint density at radius 3 is 2.85 bits per heavy atom. The van der Waals surface area contributed by atoms with Crippen LogP contribution in [0.25, 0.3) is 10.9 Å². The molecule has 0 unspecified atom stereocenters. The number of hydrogen-bond acceptors (Lipinski definition) is 5. The monoisotopic (exact) mass is 273 g/mol. The fraction of sp³-hybridized carbons (Fsp3) is 0.308. The third-order valence-corrected chi connectivity index (χ3v) is 3.47. The number of aromatic amines is 1. The molecule has 0 spiro atoms. The Labute approximate surface area is 115 Å². The molecule has 104 valence electrons. The highest BCUT2D eigenvalue weighted by Crippen LogP contribution is 2.16. The standard InChI is InChI=1S/C13H15N5O2/c1-17-4-5-18(7-11(17)19)13-15-10-3-2-8(14)6-9(10)12(20)16-13/h2-3,6H,4-5,7,14H2,1H3,(H,15,16,20). The minimum atomic E-state index is -0.247. The molecule has 1 aromatic heterocycles. The summed E-state index contributed by atoms with van der Waals surface area (Å²) in [6.07, 6.45) is 0. The molecule has 1 aromatic carbocycles. The number of aromatic nitrogens is 2. The molecule has 3 rings (SSSR count). The van der Waals surface area contributed by atoms with Crippen molar-refractivity contribution in [2.24, 2.45) is 0 Å². The number of nitrogens with zero attached hydrogens (tertiary/aromatic N) is 3. The predicted molar refractivity (Wildman–Crippen MR) is 76.6 cm³/mol. The van der Waals surface area contributed by atoms with Crippen LogP contribution >= 0.6 is 0 Å². The number of likely N-dealkylation sites (N-methyl/N-ethyl adjacent to an activating group) is 1. The van der Waals surface area contributed by atoms with Gasteiger partial charge in [-0.3, -0.25) is 14.6 Å². The van der Waals surface area contributed by atoms with E-state index in [0.717, 1.165) is 0 Å². The lowest BCUT2D eigenvalue weighted by Gasteiger charge is -2.32. The van der Waals surface area contributed by atoms with Gasteiger partial charge >= 0.3 is 0 Å². The van der Waals surface area contributed by atoms with E-state index in [1.54, 1.807) is 35.0 Å². The van der Waals surface area contributed by atoms with Crippen molar-refractivity contribution in [2.75, 3.05) is 37.3 Å². The lowest BCUT2D eigenvalue weighted by Crippen LogP contribution is -2.49. The Morgan fingerprint density at radius 2 is 2.10 bits per heavy atom. The van der Waals surface area contributed by atoms with E-state index in [1.165, 1.54) is 0 Å². The number of H-pyrrole nitrogens is 1.